The molecule has 0 heterocycles. The van der Waals surface area contributed by atoms with Gasteiger partial charge in [0.25, 0.3) is 5.91 Å². The average Bonchev–Trinajstić information content (AvgIpc) is 2.67. The lowest BCUT2D eigenvalue weighted by Crippen LogP contribution is -2.41. The molecule has 0 spiro atoms. The van der Waals surface area contributed by atoms with Crippen molar-refractivity contribution in [1.82, 2.24) is 10.6 Å². The fourth-order valence-electron chi connectivity index (χ4n) is 2.03. The Bertz CT molecular complexity index is 833. The smallest absolute Gasteiger partial charge is 0.321 e. The minimum absolute atomic E-state index is 0.0574. The highest BCUT2D eigenvalue weighted by molar-refractivity contribution is 8.00. The lowest BCUT2D eigenvalue weighted by molar-refractivity contribution is -0.153. The molecule has 0 unspecified atom stereocenters. The topological polar surface area (TPSA) is 84.5 Å². The summed E-state index contributed by atoms with van der Waals surface area (Å²) in [5.74, 6) is -3.33. The van der Waals surface area contributed by atoms with E-state index < -0.39 is 35.6 Å². The Morgan fingerprint density at radius 1 is 1.11 bits per heavy atom. The minimum Gasteiger partial charge on any atom is -0.447 e. The van der Waals surface area contributed by atoms with Gasteiger partial charge in [-0.2, -0.15) is 0 Å². The Labute approximate surface area is 158 Å². The molecule has 0 saturated heterocycles. The van der Waals surface area contributed by atoms with Crippen molar-refractivity contribution in [1.29, 1.82) is 0 Å². The number of urea groups is 1. The molecule has 0 aromatic heterocycles. The first kappa shape index (κ1) is 20.4. The van der Waals surface area contributed by atoms with E-state index in [9.17, 15) is 23.2 Å². The average molecular weight is 394 g/mol. The number of esters is 1. The molecule has 0 fully saturated rings. The second-order valence-corrected chi connectivity index (χ2v) is 6.23. The molecule has 2 N–H and O–H groups in total. The Morgan fingerprint density at radius 2 is 1.81 bits per heavy atom. The van der Waals surface area contributed by atoms with Gasteiger partial charge in [-0.05, 0) is 18.2 Å². The first-order valence-electron chi connectivity index (χ1n) is 7.75. The number of benzene rings is 2. The van der Waals surface area contributed by atoms with Crippen LogP contribution in [0.15, 0.2) is 53.4 Å². The second-order valence-electron chi connectivity index (χ2n) is 5.21. The third-order valence-electron chi connectivity index (χ3n) is 3.29. The van der Waals surface area contributed by atoms with Gasteiger partial charge in [-0.1, -0.05) is 30.3 Å². The van der Waals surface area contributed by atoms with E-state index in [4.69, 9.17) is 4.74 Å². The molecular weight excluding hydrogens is 378 g/mol. The zero-order chi connectivity index (χ0) is 19.8. The maximum atomic E-state index is 13.6. The van der Waals surface area contributed by atoms with Crippen molar-refractivity contribution in [2.45, 2.75) is 11.0 Å². The van der Waals surface area contributed by atoms with E-state index in [1.54, 1.807) is 30.3 Å². The molecule has 0 aliphatic heterocycles. The molecule has 2 aromatic carbocycles. The van der Waals surface area contributed by atoms with Gasteiger partial charge in [0.05, 0.1) is 5.75 Å². The molecule has 27 heavy (non-hydrogen) atoms. The molecule has 0 radical (unpaired) electrons. The number of imide groups is 1. The summed E-state index contributed by atoms with van der Waals surface area (Å²) in [5.41, 5.74) is 0.356. The van der Waals surface area contributed by atoms with Crippen LogP contribution in [0.25, 0.3) is 0 Å². The van der Waals surface area contributed by atoms with E-state index in [0.29, 0.717) is 5.56 Å². The van der Waals surface area contributed by atoms with Crippen LogP contribution in [0.1, 0.15) is 11.7 Å². The van der Waals surface area contributed by atoms with E-state index in [1.165, 1.54) is 7.05 Å². The number of ether oxygens (including phenoxy) is 1. The number of rotatable bonds is 6. The predicted octanol–water partition coefficient (Wildman–Crippen LogP) is 2.80. The first-order valence-corrected chi connectivity index (χ1v) is 8.74. The number of nitrogens with one attached hydrogen (secondary N) is 2. The molecule has 2 aromatic rings. The lowest BCUT2D eigenvalue weighted by Gasteiger charge is -2.17. The van der Waals surface area contributed by atoms with Crippen molar-refractivity contribution in [3.63, 3.8) is 0 Å². The minimum atomic E-state index is -1.37. The van der Waals surface area contributed by atoms with Gasteiger partial charge in [0.1, 0.15) is 11.6 Å². The summed E-state index contributed by atoms with van der Waals surface area (Å²) in [6.45, 7) is 0. The Kier molecular flexibility index (Phi) is 7.30. The van der Waals surface area contributed by atoms with Crippen LogP contribution in [0.5, 0.6) is 0 Å². The number of thioether (sulfide) groups is 1. The number of carbonyl (C=O) groups excluding carboxylic acids is 3. The zero-order valence-electron chi connectivity index (χ0n) is 14.2. The van der Waals surface area contributed by atoms with Gasteiger partial charge in [-0.25, -0.2) is 13.6 Å². The number of hydrogen-bond acceptors (Lipinski definition) is 5. The number of hydrogen-bond donors (Lipinski definition) is 2. The predicted molar refractivity (Wildman–Crippen MR) is 95.0 cm³/mol. The molecular formula is C18H16F2N2O4S. The third-order valence-corrected chi connectivity index (χ3v) is 4.30. The van der Waals surface area contributed by atoms with Crippen LogP contribution in [-0.2, 0) is 14.3 Å². The first-order chi connectivity index (χ1) is 12.9. The molecule has 0 saturated carbocycles. The van der Waals surface area contributed by atoms with E-state index in [1.807, 2.05) is 5.32 Å². The van der Waals surface area contributed by atoms with Gasteiger partial charge >= 0.3 is 12.0 Å². The van der Waals surface area contributed by atoms with Crippen LogP contribution in [-0.4, -0.2) is 30.7 Å². The summed E-state index contributed by atoms with van der Waals surface area (Å²) in [6, 6.07) is 10.2. The van der Waals surface area contributed by atoms with Crippen LogP contribution in [0.3, 0.4) is 0 Å². The second kappa shape index (κ2) is 9.67. The largest absolute Gasteiger partial charge is 0.447 e. The van der Waals surface area contributed by atoms with E-state index in [0.717, 1.165) is 30.0 Å². The van der Waals surface area contributed by atoms with Crippen molar-refractivity contribution in [3.05, 3.63) is 65.7 Å². The quantitative estimate of drug-likeness (QED) is 0.581. The monoisotopic (exact) mass is 394 g/mol. The van der Waals surface area contributed by atoms with E-state index in [-0.39, 0.29) is 10.6 Å². The molecule has 0 aliphatic carbocycles. The molecule has 6 nitrogen and oxygen atoms in total. The Morgan fingerprint density at radius 3 is 2.48 bits per heavy atom. The van der Waals surface area contributed by atoms with E-state index >= 15 is 0 Å². The molecule has 3 amide bonds. The van der Waals surface area contributed by atoms with Crippen LogP contribution in [0, 0.1) is 11.6 Å². The van der Waals surface area contributed by atoms with Crippen LogP contribution in [0.4, 0.5) is 13.6 Å². The van der Waals surface area contributed by atoms with Crippen LogP contribution < -0.4 is 10.6 Å². The molecule has 9 heteroatoms. The summed E-state index contributed by atoms with van der Waals surface area (Å²) >= 11 is 0.736. The molecule has 1 atom stereocenters. The van der Waals surface area contributed by atoms with Gasteiger partial charge in [0, 0.05) is 17.5 Å². The lowest BCUT2D eigenvalue weighted by atomic mass is 10.1. The molecule has 142 valence electrons. The number of amides is 3. The summed E-state index contributed by atoms with van der Waals surface area (Å²) in [7, 11) is 1.33. The van der Waals surface area contributed by atoms with Gasteiger partial charge < -0.3 is 10.1 Å². The highest BCUT2D eigenvalue weighted by atomic mass is 32.2. The van der Waals surface area contributed by atoms with Crippen molar-refractivity contribution < 1.29 is 27.9 Å². The maximum absolute atomic E-state index is 13.6. The summed E-state index contributed by atoms with van der Waals surface area (Å²) in [6.07, 6.45) is -1.37. The summed E-state index contributed by atoms with van der Waals surface area (Å²) < 4.78 is 32.0. The van der Waals surface area contributed by atoms with Gasteiger partial charge in [0.2, 0.25) is 6.10 Å². The molecule has 0 aliphatic rings. The number of halogens is 2. The zero-order valence-corrected chi connectivity index (χ0v) is 15.0. The van der Waals surface area contributed by atoms with Crippen molar-refractivity contribution >= 4 is 29.7 Å². The van der Waals surface area contributed by atoms with Crippen LogP contribution in [0.2, 0.25) is 0 Å². The third kappa shape index (κ3) is 6.07. The van der Waals surface area contributed by atoms with Gasteiger partial charge in [-0.15, -0.1) is 11.8 Å². The highest BCUT2D eigenvalue weighted by Crippen LogP contribution is 2.24. The fourth-order valence-corrected chi connectivity index (χ4v) is 2.77. The highest BCUT2D eigenvalue weighted by Gasteiger charge is 2.26. The SMILES string of the molecule is CNC(=O)NC(=O)[C@@H](OC(=O)CSc1cc(F)ccc1F)c1ccccc1. The normalized spacial score (nSPS) is 11.4. The molecule has 0 bridgehead atoms. The Hall–Kier alpha value is -2.94. The molecule has 2 rings (SSSR count). The summed E-state index contributed by atoms with van der Waals surface area (Å²) in [5, 5.41) is 4.26. The summed E-state index contributed by atoms with van der Waals surface area (Å²) in [4.78, 5) is 35.7. The van der Waals surface area contributed by atoms with Gasteiger partial charge in [0.15, 0.2) is 0 Å². The maximum Gasteiger partial charge on any atom is 0.321 e. The van der Waals surface area contributed by atoms with Crippen molar-refractivity contribution in [2.75, 3.05) is 12.8 Å². The van der Waals surface area contributed by atoms with Crippen molar-refractivity contribution in [2.24, 2.45) is 0 Å². The number of carbonyl (C=O) groups is 3. The van der Waals surface area contributed by atoms with E-state index in [2.05, 4.69) is 5.32 Å². The van der Waals surface area contributed by atoms with Crippen LogP contribution >= 0.6 is 11.8 Å². The van der Waals surface area contributed by atoms with Gasteiger partial charge in [-0.3, -0.25) is 14.9 Å². The van der Waals surface area contributed by atoms with Crippen molar-refractivity contribution in [3.8, 4) is 0 Å². The standard InChI is InChI=1S/C18H16F2N2O4S/c1-21-18(25)22-17(24)16(11-5-3-2-4-6-11)26-15(23)10-27-14-9-12(19)7-8-13(14)20/h2-9,16H,10H2,1H3,(H2,21,22,24,25)/t16-/m0/s1. The Balaban J connectivity index is 2.07. The fraction of sp³-hybridized carbons (Fsp3) is 0.167.